The normalized spacial score (nSPS) is 19.8. The van der Waals surface area contributed by atoms with Crippen molar-refractivity contribution in [2.75, 3.05) is 18.8 Å². The van der Waals surface area contributed by atoms with Crippen LogP contribution < -0.4 is 10.6 Å². The second-order valence-corrected chi connectivity index (χ2v) is 7.15. The maximum atomic E-state index is 13.4. The lowest BCUT2D eigenvalue weighted by Crippen LogP contribution is -2.38. The van der Waals surface area contributed by atoms with Gasteiger partial charge in [-0.25, -0.2) is 12.8 Å². The summed E-state index contributed by atoms with van der Waals surface area (Å²) in [6, 6.07) is 3.34. The van der Waals surface area contributed by atoms with Gasteiger partial charge in [0.05, 0.1) is 17.2 Å². The average molecular weight is 314 g/mol. The Morgan fingerprint density at radius 1 is 1.43 bits per heavy atom. The number of amides is 1. The Hall–Kier alpha value is -1.47. The Morgan fingerprint density at radius 3 is 2.90 bits per heavy atom. The Labute approximate surface area is 123 Å². The summed E-state index contributed by atoms with van der Waals surface area (Å²) >= 11 is 0. The van der Waals surface area contributed by atoms with E-state index in [4.69, 9.17) is 0 Å². The quantitative estimate of drug-likeness (QED) is 0.800. The number of carbonyl (C=O) groups excluding carboxylic acids is 1. The van der Waals surface area contributed by atoms with E-state index in [-0.39, 0.29) is 29.1 Å². The van der Waals surface area contributed by atoms with Crippen molar-refractivity contribution in [1.82, 2.24) is 10.6 Å². The van der Waals surface area contributed by atoms with Gasteiger partial charge in [0.25, 0.3) is 0 Å². The van der Waals surface area contributed by atoms with Gasteiger partial charge in [-0.05, 0) is 36.6 Å². The second kappa shape index (κ2) is 6.53. The van der Waals surface area contributed by atoms with Crippen molar-refractivity contribution >= 4 is 15.7 Å². The van der Waals surface area contributed by atoms with Crippen molar-refractivity contribution in [2.24, 2.45) is 0 Å². The summed E-state index contributed by atoms with van der Waals surface area (Å²) < 4.78 is 37.3. The van der Waals surface area contributed by atoms with Crippen molar-refractivity contribution in [3.8, 4) is 0 Å². The van der Waals surface area contributed by atoms with Crippen LogP contribution in [0.1, 0.15) is 31.4 Å². The molecule has 1 amide bonds. The summed E-state index contributed by atoms with van der Waals surface area (Å²) in [7, 11) is -3.35. The van der Waals surface area contributed by atoms with Crippen LogP contribution in [0.4, 0.5) is 4.39 Å². The van der Waals surface area contributed by atoms with E-state index in [1.165, 1.54) is 12.1 Å². The van der Waals surface area contributed by atoms with E-state index in [1.54, 1.807) is 0 Å². The van der Waals surface area contributed by atoms with E-state index in [2.05, 4.69) is 10.6 Å². The third-order valence-corrected chi connectivity index (χ3v) is 5.25. The minimum absolute atomic E-state index is 0.000121. The van der Waals surface area contributed by atoms with Gasteiger partial charge in [0.1, 0.15) is 5.82 Å². The van der Waals surface area contributed by atoms with Gasteiger partial charge in [0.2, 0.25) is 5.91 Å². The first-order valence-corrected chi connectivity index (χ1v) is 8.61. The van der Waals surface area contributed by atoms with Crippen LogP contribution in [-0.2, 0) is 14.6 Å². The summed E-state index contributed by atoms with van der Waals surface area (Å²) in [5.41, 5.74) is 0.407. The highest BCUT2D eigenvalue weighted by molar-refractivity contribution is 7.91. The lowest BCUT2D eigenvalue weighted by molar-refractivity contribution is -0.120. The molecule has 1 aliphatic heterocycles. The molecule has 0 aromatic heterocycles. The monoisotopic (exact) mass is 314 g/mol. The van der Waals surface area contributed by atoms with Crippen LogP contribution >= 0.6 is 0 Å². The summed E-state index contributed by atoms with van der Waals surface area (Å²) in [6.07, 6.45) is 1.18. The molecule has 1 aliphatic rings. The number of halogens is 1. The molecule has 1 unspecified atom stereocenters. The number of rotatable bonds is 5. The van der Waals surface area contributed by atoms with Crippen molar-refractivity contribution in [3.63, 3.8) is 0 Å². The molecule has 116 valence electrons. The molecule has 7 heteroatoms. The van der Waals surface area contributed by atoms with Gasteiger partial charge in [0.15, 0.2) is 9.84 Å². The third-order valence-electron chi connectivity index (χ3n) is 3.44. The summed E-state index contributed by atoms with van der Waals surface area (Å²) in [5, 5.41) is 5.74. The Kier molecular flexibility index (Phi) is 4.95. The molecule has 0 radical (unpaired) electrons. The topological polar surface area (TPSA) is 75.3 Å². The fourth-order valence-corrected chi connectivity index (χ4v) is 3.97. The standard InChI is InChI=1S/C14H19FN2O3S/c1-2-6-16-14(18)9-17-12-5-7-21(19,20)13-4-3-10(15)8-11(12)13/h3-4,8,12,17H,2,5-7,9H2,1H3,(H,16,18). The van der Waals surface area contributed by atoms with Crippen molar-refractivity contribution < 1.29 is 17.6 Å². The SMILES string of the molecule is CCCNC(=O)CNC1CCS(=O)(=O)c2ccc(F)cc21. The van der Waals surface area contributed by atoms with E-state index in [0.29, 0.717) is 18.5 Å². The Bertz CT molecular complexity index is 631. The minimum atomic E-state index is -3.35. The number of nitrogens with one attached hydrogen (secondary N) is 2. The highest BCUT2D eigenvalue weighted by Gasteiger charge is 2.30. The molecule has 2 N–H and O–H groups in total. The first-order valence-electron chi connectivity index (χ1n) is 6.96. The van der Waals surface area contributed by atoms with Crippen LogP contribution in [0.3, 0.4) is 0 Å². The average Bonchev–Trinajstić information content (AvgIpc) is 2.44. The van der Waals surface area contributed by atoms with Gasteiger partial charge in [0, 0.05) is 12.6 Å². The van der Waals surface area contributed by atoms with Crippen LogP contribution in [0.2, 0.25) is 0 Å². The zero-order valence-corrected chi connectivity index (χ0v) is 12.7. The molecule has 0 aliphatic carbocycles. The largest absolute Gasteiger partial charge is 0.355 e. The van der Waals surface area contributed by atoms with E-state index in [1.807, 2.05) is 6.92 Å². The van der Waals surface area contributed by atoms with Crippen LogP contribution in [0.5, 0.6) is 0 Å². The lowest BCUT2D eigenvalue weighted by atomic mass is 10.0. The second-order valence-electron chi connectivity index (χ2n) is 5.07. The van der Waals surface area contributed by atoms with E-state index in [0.717, 1.165) is 12.5 Å². The fraction of sp³-hybridized carbons (Fsp3) is 0.500. The number of fused-ring (bicyclic) bond motifs is 1. The van der Waals surface area contributed by atoms with Crippen LogP contribution in [0.15, 0.2) is 23.1 Å². The maximum absolute atomic E-state index is 13.4. The molecule has 5 nitrogen and oxygen atoms in total. The van der Waals surface area contributed by atoms with Gasteiger partial charge in [-0.2, -0.15) is 0 Å². The molecule has 1 atom stereocenters. The zero-order chi connectivity index (χ0) is 15.5. The highest BCUT2D eigenvalue weighted by Crippen LogP contribution is 2.32. The summed E-state index contributed by atoms with van der Waals surface area (Å²) in [5.74, 6) is -0.629. The first-order chi connectivity index (χ1) is 9.94. The number of carbonyl (C=O) groups is 1. The molecule has 1 aromatic carbocycles. The summed E-state index contributed by atoms with van der Waals surface area (Å²) in [6.45, 7) is 2.64. The lowest BCUT2D eigenvalue weighted by Gasteiger charge is -2.26. The minimum Gasteiger partial charge on any atom is -0.355 e. The van der Waals surface area contributed by atoms with E-state index >= 15 is 0 Å². The van der Waals surface area contributed by atoms with Crippen molar-refractivity contribution in [2.45, 2.75) is 30.7 Å². The molecular weight excluding hydrogens is 295 g/mol. The first kappa shape index (κ1) is 15.9. The molecule has 0 fully saturated rings. The molecule has 1 heterocycles. The fourth-order valence-electron chi connectivity index (χ4n) is 2.37. The highest BCUT2D eigenvalue weighted by atomic mass is 32.2. The Morgan fingerprint density at radius 2 is 2.19 bits per heavy atom. The number of hydrogen-bond acceptors (Lipinski definition) is 4. The van der Waals surface area contributed by atoms with Crippen LogP contribution in [0.25, 0.3) is 0 Å². The van der Waals surface area contributed by atoms with E-state index in [9.17, 15) is 17.6 Å². The molecule has 1 aromatic rings. The molecule has 0 bridgehead atoms. The summed E-state index contributed by atoms with van der Waals surface area (Å²) in [4.78, 5) is 11.7. The third kappa shape index (κ3) is 3.79. The van der Waals surface area contributed by atoms with Crippen molar-refractivity contribution in [1.29, 1.82) is 0 Å². The molecule has 21 heavy (non-hydrogen) atoms. The maximum Gasteiger partial charge on any atom is 0.233 e. The number of hydrogen-bond donors (Lipinski definition) is 2. The number of sulfone groups is 1. The number of benzene rings is 1. The molecular formula is C14H19FN2O3S. The Balaban J connectivity index is 2.13. The van der Waals surface area contributed by atoms with E-state index < -0.39 is 15.7 Å². The molecule has 2 rings (SSSR count). The van der Waals surface area contributed by atoms with Gasteiger partial charge in [-0.15, -0.1) is 0 Å². The van der Waals surface area contributed by atoms with Gasteiger partial charge >= 0.3 is 0 Å². The van der Waals surface area contributed by atoms with Gasteiger partial charge in [-0.3, -0.25) is 4.79 Å². The predicted octanol–water partition coefficient (Wildman–Crippen LogP) is 1.16. The predicted molar refractivity (Wildman–Crippen MR) is 77.1 cm³/mol. The van der Waals surface area contributed by atoms with Gasteiger partial charge in [-0.1, -0.05) is 6.92 Å². The molecule has 0 saturated carbocycles. The molecule has 0 spiro atoms. The molecule has 0 saturated heterocycles. The van der Waals surface area contributed by atoms with Gasteiger partial charge < -0.3 is 10.6 Å². The van der Waals surface area contributed by atoms with Crippen LogP contribution in [-0.4, -0.2) is 33.2 Å². The smallest absolute Gasteiger partial charge is 0.233 e. The van der Waals surface area contributed by atoms with Crippen molar-refractivity contribution in [3.05, 3.63) is 29.6 Å². The van der Waals surface area contributed by atoms with Crippen LogP contribution in [0, 0.1) is 5.82 Å². The zero-order valence-electron chi connectivity index (χ0n) is 11.9.